The number of nitriles is 1. The number of aliphatic carboxylic acids is 1. The molecule has 0 bridgehead atoms. The molecule has 0 fully saturated rings. The standard InChI is InChI=1S/C26H22N2O4/c27-15-18-7-5-6-17(14-18)12-13-24(25(29)30)28-26(31)32-16-23-21-10-3-1-8-19(21)20-9-2-4-11-22(20)23/h1-11,14,23-24H,12-13,16H2,(H,28,31)(H,29,30)/t24-/m0/s1. The number of benzene rings is 3. The molecule has 0 heterocycles. The van der Waals surface area contributed by atoms with Crippen LogP contribution >= 0.6 is 0 Å². The molecule has 1 aliphatic carbocycles. The fourth-order valence-electron chi connectivity index (χ4n) is 4.15. The summed E-state index contributed by atoms with van der Waals surface area (Å²) in [4.78, 5) is 24.1. The Morgan fingerprint density at radius 3 is 2.28 bits per heavy atom. The number of carboxylic acid groups (broad SMARTS) is 1. The van der Waals surface area contributed by atoms with Gasteiger partial charge in [-0.05, 0) is 52.8 Å². The van der Waals surface area contributed by atoms with Crippen LogP contribution in [-0.4, -0.2) is 29.8 Å². The van der Waals surface area contributed by atoms with Crippen molar-refractivity contribution in [1.82, 2.24) is 5.32 Å². The van der Waals surface area contributed by atoms with Crippen LogP contribution in [-0.2, 0) is 16.0 Å². The molecule has 1 amide bonds. The number of amides is 1. The minimum atomic E-state index is -1.13. The summed E-state index contributed by atoms with van der Waals surface area (Å²) in [5, 5.41) is 21.0. The summed E-state index contributed by atoms with van der Waals surface area (Å²) >= 11 is 0. The van der Waals surface area contributed by atoms with Crippen LogP contribution in [0.4, 0.5) is 4.79 Å². The summed E-state index contributed by atoms with van der Waals surface area (Å²) in [5.74, 6) is -1.22. The Balaban J connectivity index is 1.38. The SMILES string of the molecule is N#Cc1cccc(CC[C@H](NC(=O)OCC2c3ccccc3-c3ccccc32)C(=O)O)c1. The lowest BCUT2D eigenvalue weighted by atomic mass is 9.98. The van der Waals surface area contributed by atoms with Crippen LogP contribution in [0, 0.1) is 11.3 Å². The Morgan fingerprint density at radius 2 is 1.66 bits per heavy atom. The van der Waals surface area contributed by atoms with Crippen molar-refractivity contribution in [2.24, 2.45) is 0 Å². The maximum absolute atomic E-state index is 12.4. The van der Waals surface area contributed by atoms with Gasteiger partial charge in [0.05, 0.1) is 11.6 Å². The molecule has 0 spiro atoms. The van der Waals surface area contributed by atoms with E-state index in [1.807, 2.05) is 42.5 Å². The highest BCUT2D eigenvalue weighted by atomic mass is 16.5. The zero-order valence-corrected chi connectivity index (χ0v) is 17.3. The van der Waals surface area contributed by atoms with Crippen molar-refractivity contribution in [3.05, 3.63) is 95.1 Å². The molecule has 3 aromatic carbocycles. The zero-order valence-electron chi connectivity index (χ0n) is 17.3. The third-order valence-corrected chi connectivity index (χ3v) is 5.71. The van der Waals surface area contributed by atoms with E-state index in [1.165, 1.54) is 0 Å². The molecule has 1 atom stereocenters. The number of hydrogen-bond acceptors (Lipinski definition) is 4. The normalized spacial score (nSPS) is 12.8. The van der Waals surface area contributed by atoms with Gasteiger partial charge in [-0.1, -0.05) is 60.7 Å². The van der Waals surface area contributed by atoms with Crippen LogP contribution in [0.5, 0.6) is 0 Å². The molecule has 32 heavy (non-hydrogen) atoms. The lowest BCUT2D eigenvalue weighted by Crippen LogP contribution is -2.41. The van der Waals surface area contributed by atoms with E-state index in [0.717, 1.165) is 27.8 Å². The molecule has 0 unspecified atom stereocenters. The quantitative estimate of drug-likeness (QED) is 0.580. The van der Waals surface area contributed by atoms with E-state index < -0.39 is 18.1 Å². The van der Waals surface area contributed by atoms with Crippen LogP contribution < -0.4 is 5.32 Å². The number of carbonyl (C=O) groups excluding carboxylic acids is 1. The monoisotopic (exact) mass is 426 g/mol. The Labute approximate surface area is 186 Å². The van der Waals surface area contributed by atoms with Gasteiger partial charge in [0.25, 0.3) is 0 Å². The highest BCUT2D eigenvalue weighted by molar-refractivity contribution is 5.81. The molecule has 160 valence electrons. The lowest BCUT2D eigenvalue weighted by molar-refractivity contribution is -0.139. The number of rotatable bonds is 7. The molecule has 6 nitrogen and oxygen atoms in total. The van der Waals surface area contributed by atoms with E-state index in [4.69, 9.17) is 10.00 Å². The van der Waals surface area contributed by atoms with Gasteiger partial charge in [0.1, 0.15) is 12.6 Å². The summed E-state index contributed by atoms with van der Waals surface area (Å²) in [6.45, 7) is 0.121. The van der Waals surface area contributed by atoms with Crippen LogP contribution in [0.1, 0.15) is 34.6 Å². The first-order chi connectivity index (χ1) is 15.6. The fourth-order valence-corrected chi connectivity index (χ4v) is 4.15. The molecule has 0 aliphatic heterocycles. The molecule has 0 aromatic heterocycles. The van der Waals surface area contributed by atoms with Gasteiger partial charge < -0.3 is 15.2 Å². The zero-order chi connectivity index (χ0) is 22.5. The average Bonchev–Trinajstić information content (AvgIpc) is 3.14. The lowest BCUT2D eigenvalue weighted by Gasteiger charge is -2.17. The van der Waals surface area contributed by atoms with E-state index >= 15 is 0 Å². The molecule has 6 heteroatoms. The summed E-state index contributed by atoms with van der Waals surface area (Å²) < 4.78 is 5.45. The third kappa shape index (κ3) is 4.47. The third-order valence-electron chi connectivity index (χ3n) is 5.71. The molecule has 3 aromatic rings. The van der Waals surface area contributed by atoms with Crippen molar-refractivity contribution < 1.29 is 19.4 Å². The van der Waals surface area contributed by atoms with Crippen molar-refractivity contribution in [1.29, 1.82) is 5.26 Å². The second kappa shape index (κ2) is 9.36. The van der Waals surface area contributed by atoms with Crippen molar-refractivity contribution >= 4 is 12.1 Å². The first kappa shape index (κ1) is 21.1. The maximum atomic E-state index is 12.4. The molecule has 4 rings (SSSR count). The summed E-state index contributed by atoms with van der Waals surface area (Å²) in [6, 6.07) is 24.0. The minimum Gasteiger partial charge on any atom is -0.480 e. The minimum absolute atomic E-state index is 0.0925. The van der Waals surface area contributed by atoms with Crippen LogP contribution in [0.2, 0.25) is 0 Å². The number of fused-ring (bicyclic) bond motifs is 3. The van der Waals surface area contributed by atoms with E-state index in [1.54, 1.807) is 18.2 Å². The van der Waals surface area contributed by atoms with Gasteiger partial charge in [0.15, 0.2) is 0 Å². The summed E-state index contributed by atoms with van der Waals surface area (Å²) in [7, 11) is 0. The van der Waals surface area contributed by atoms with Gasteiger partial charge in [0, 0.05) is 5.92 Å². The second-order valence-corrected chi connectivity index (χ2v) is 7.71. The molecule has 0 radical (unpaired) electrons. The second-order valence-electron chi connectivity index (χ2n) is 7.71. The van der Waals surface area contributed by atoms with Crippen molar-refractivity contribution in [3.8, 4) is 17.2 Å². The van der Waals surface area contributed by atoms with E-state index in [-0.39, 0.29) is 18.9 Å². The van der Waals surface area contributed by atoms with Crippen molar-refractivity contribution in [2.45, 2.75) is 24.8 Å². The number of nitrogens with zero attached hydrogens (tertiary/aromatic N) is 1. The highest BCUT2D eigenvalue weighted by Gasteiger charge is 2.29. The summed E-state index contributed by atoms with van der Waals surface area (Å²) in [5.41, 5.74) is 5.78. The Kier molecular flexibility index (Phi) is 6.18. The van der Waals surface area contributed by atoms with Gasteiger partial charge in [-0.2, -0.15) is 5.26 Å². The molecule has 2 N–H and O–H groups in total. The molecule has 0 saturated carbocycles. The topological polar surface area (TPSA) is 99.4 Å². The van der Waals surface area contributed by atoms with Crippen molar-refractivity contribution in [3.63, 3.8) is 0 Å². The van der Waals surface area contributed by atoms with Gasteiger partial charge in [-0.3, -0.25) is 0 Å². The number of carboxylic acids is 1. The van der Waals surface area contributed by atoms with Gasteiger partial charge >= 0.3 is 12.1 Å². The van der Waals surface area contributed by atoms with Crippen LogP contribution in [0.15, 0.2) is 72.8 Å². The van der Waals surface area contributed by atoms with Crippen molar-refractivity contribution in [2.75, 3.05) is 6.61 Å². The van der Waals surface area contributed by atoms with E-state index in [0.29, 0.717) is 12.0 Å². The van der Waals surface area contributed by atoms with E-state index in [9.17, 15) is 14.7 Å². The number of carbonyl (C=O) groups is 2. The van der Waals surface area contributed by atoms with Gasteiger partial charge in [-0.25, -0.2) is 9.59 Å². The number of alkyl carbamates (subject to hydrolysis) is 1. The molecule has 0 saturated heterocycles. The maximum Gasteiger partial charge on any atom is 0.407 e. The average molecular weight is 426 g/mol. The number of aryl methyl sites for hydroxylation is 1. The van der Waals surface area contributed by atoms with E-state index in [2.05, 4.69) is 23.5 Å². The molecular formula is C26H22N2O4. The number of hydrogen-bond donors (Lipinski definition) is 2. The Hall–Kier alpha value is -4.11. The first-order valence-corrected chi connectivity index (χ1v) is 10.4. The molecular weight excluding hydrogens is 404 g/mol. The predicted molar refractivity (Wildman–Crippen MR) is 119 cm³/mol. The van der Waals surface area contributed by atoms with Gasteiger partial charge in [-0.15, -0.1) is 0 Å². The smallest absolute Gasteiger partial charge is 0.407 e. The fraction of sp³-hybridized carbons (Fsp3) is 0.192. The van der Waals surface area contributed by atoms with Crippen LogP contribution in [0.25, 0.3) is 11.1 Å². The largest absolute Gasteiger partial charge is 0.480 e. The number of ether oxygens (including phenoxy) is 1. The first-order valence-electron chi connectivity index (χ1n) is 10.4. The van der Waals surface area contributed by atoms with Gasteiger partial charge in [0.2, 0.25) is 0 Å². The predicted octanol–water partition coefficient (Wildman–Crippen LogP) is 4.48. The van der Waals surface area contributed by atoms with Crippen LogP contribution in [0.3, 0.4) is 0 Å². The highest BCUT2D eigenvalue weighted by Crippen LogP contribution is 2.44. The Bertz CT molecular complexity index is 1150. The molecule has 1 aliphatic rings. The summed E-state index contributed by atoms with van der Waals surface area (Å²) in [6.07, 6.45) is -0.157. The Morgan fingerprint density at radius 1 is 1.00 bits per heavy atom. The number of nitrogens with one attached hydrogen (secondary N) is 1.